The number of piperazine rings is 1. The van der Waals surface area contributed by atoms with Crippen LogP contribution in [0, 0.1) is 0 Å². The van der Waals surface area contributed by atoms with E-state index >= 15 is 0 Å². The quantitative estimate of drug-likeness (QED) is 0.550. The number of aromatic nitrogens is 2. The summed E-state index contributed by atoms with van der Waals surface area (Å²) in [6.07, 6.45) is 0. The molecule has 1 N–H and O–H groups in total. The van der Waals surface area contributed by atoms with Crippen molar-refractivity contribution in [1.82, 2.24) is 15.1 Å². The summed E-state index contributed by atoms with van der Waals surface area (Å²) in [5, 5.41) is 11.7. The van der Waals surface area contributed by atoms with Crippen LogP contribution < -0.4 is 29.2 Å². The lowest BCUT2D eigenvalue weighted by atomic mass is 10.1. The molecule has 2 aromatic carbocycles. The predicted molar refractivity (Wildman–Crippen MR) is 133 cm³/mol. The van der Waals surface area contributed by atoms with E-state index in [4.69, 9.17) is 18.9 Å². The molecule has 1 aliphatic rings. The van der Waals surface area contributed by atoms with Gasteiger partial charge in [0.1, 0.15) is 23.0 Å². The predicted octanol–water partition coefficient (Wildman–Crippen LogP) is 3.53. The molecule has 2 amide bonds. The second-order valence-electron chi connectivity index (χ2n) is 7.85. The molecular formula is C25H29N5O5. The molecule has 0 unspecified atom stereocenters. The molecule has 1 aromatic heterocycles. The molecule has 0 radical (unpaired) electrons. The Morgan fingerprint density at radius 2 is 1.46 bits per heavy atom. The van der Waals surface area contributed by atoms with Crippen LogP contribution in [0.1, 0.15) is 0 Å². The molecule has 0 saturated carbocycles. The molecule has 10 heteroatoms. The van der Waals surface area contributed by atoms with Crippen molar-refractivity contribution in [2.75, 3.05) is 64.8 Å². The van der Waals surface area contributed by atoms with Crippen molar-refractivity contribution in [3.63, 3.8) is 0 Å². The van der Waals surface area contributed by atoms with Gasteiger partial charge in [0.15, 0.2) is 5.82 Å². The summed E-state index contributed by atoms with van der Waals surface area (Å²) >= 11 is 0. The van der Waals surface area contributed by atoms with E-state index in [0.29, 0.717) is 60.6 Å². The van der Waals surface area contributed by atoms with Crippen LogP contribution in [0.15, 0.2) is 48.5 Å². The third-order valence-electron chi connectivity index (χ3n) is 5.83. The van der Waals surface area contributed by atoms with E-state index < -0.39 is 0 Å². The number of ether oxygens (including phenoxy) is 4. The van der Waals surface area contributed by atoms with Gasteiger partial charge in [0.05, 0.1) is 34.1 Å². The monoisotopic (exact) mass is 479 g/mol. The molecule has 1 saturated heterocycles. The fourth-order valence-electron chi connectivity index (χ4n) is 3.87. The number of carbonyl (C=O) groups is 1. The van der Waals surface area contributed by atoms with Gasteiger partial charge in [-0.1, -0.05) is 0 Å². The minimum absolute atomic E-state index is 0.175. The van der Waals surface area contributed by atoms with Crippen LogP contribution in [0.25, 0.3) is 11.3 Å². The van der Waals surface area contributed by atoms with Gasteiger partial charge in [-0.3, -0.25) is 0 Å². The normalized spacial score (nSPS) is 13.3. The van der Waals surface area contributed by atoms with E-state index in [2.05, 4.69) is 20.4 Å². The SMILES string of the molecule is COc1cc(NC(=O)N2CCN(c3ccc(-c4cc(OC)ccc4OC)nn3)CC2)cc(OC)c1. The molecule has 35 heavy (non-hydrogen) atoms. The van der Waals surface area contributed by atoms with Crippen molar-refractivity contribution < 1.29 is 23.7 Å². The Bertz CT molecular complexity index is 1140. The number of anilines is 2. The highest BCUT2D eigenvalue weighted by molar-refractivity contribution is 5.90. The highest BCUT2D eigenvalue weighted by Gasteiger charge is 2.23. The van der Waals surface area contributed by atoms with Gasteiger partial charge in [0.2, 0.25) is 0 Å². The summed E-state index contributed by atoms with van der Waals surface area (Å²) in [4.78, 5) is 16.7. The van der Waals surface area contributed by atoms with Crippen LogP contribution in [0.4, 0.5) is 16.3 Å². The van der Waals surface area contributed by atoms with Gasteiger partial charge in [-0.05, 0) is 30.3 Å². The first-order valence-electron chi connectivity index (χ1n) is 11.1. The number of nitrogens with zero attached hydrogens (tertiary/aromatic N) is 4. The van der Waals surface area contributed by atoms with Crippen LogP contribution in [0.5, 0.6) is 23.0 Å². The summed E-state index contributed by atoms with van der Waals surface area (Å²) in [7, 11) is 6.38. The van der Waals surface area contributed by atoms with Gasteiger partial charge < -0.3 is 34.1 Å². The molecule has 0 aliphatic carbocycles. The summed E-state index contributed by atoms with van der Waals surface area (Å²) < 4.78 is 21.3. The van der Waals surface area contributed by atoms with Gasteiger partial charge in [-0.25, -0.2) is 4.79 Å². The lowest BCUT2D eigenvalue weighted by Gasteiger charge is -2.35. The average Bonchev–Trinajstić information content (AvgIpc) is 2.92. The molecule has 0 atom stereocenters. The smallest absolute Gasteiger partial charge is 0.321 e. The first kappa shape index (κ1) is 23.9. The Hall–Kier alpha value is -4.21. The van der Waals surface area contributed by atoms with Crippen molar-refractivity contribution in [2.24, 2.45) is 0 Å². The zero-order valence-corrected chi connectivity index (χ0v) is 20.3. The molecule has 1 fully saturated rings. The second kappa shape index (κ2) is 10.8. The summed E-state index contributed by atoms with van der Waals surface area (Å²) in [6.45, 7) is 2.40. The molecule has 2 heterocycles. The van der Waals surface area contributed by atoms with E-state index in [1.807, 2.05) is 30.3 Å². The second-order valence-corrected chi connectivity index (χ2v) is 7.85. The van der Waals surface area contributed by atoms with E-state index in [0.717, 1.165) is 11.4 Å². The maximum Gasteiger partial charge on any atom is 0.321 e. The standard InChI is InChI=1S/C25H29N5O5/c1-32-18-5-7-23(35-4)21(16-18)22-6-8-24(28-27-22)29-9-11-30(12-10-29)25(31)26-17-13-19(33-2)15-20(14-17)34-3/h5-8,13-16H,9-12H2,1-4H3,(H,26,31). The fourth-order valence-corrected chi connectivity index (χ4v) is 3.87. The molecule has 184 valence electrons. The highest BCUT2D eigenvalue weighted by atomic mass is 16.5. The molecule has 1 aliphatic heterocycles. The third-order valence-corrected chi connectivity index (χ3v) is 5.83. The number of hydrogen-bond acceptors (Lipinski definition) is 8. The summed E-state index contributed by atoms with van der Waals surface area (Å²) in [6, 6.07) is 14.5. The molecule has 4 rings (SSSR count). The maximum absolute atomic E-state index is 12.8. The number of hydrogen-bond donors (Lipinski definition) is 1. The summed E-state index contributed by atoms with van der Waals surface area (Å²) in [5.41, 5.74) is 2.11. The fraction of sp³-hybridized carbons (Fsp3) is 0.320. The van der Waals surface area contributed by atoms with Crippen LogP contribution in [-0.2, 0) is 0 Å². The Kier molecular flexibility index (Phi) is 7.39. The lowest BCUT2D eigenvalue weighted by Crippen LogP contribution is -2.50. The van der Waals surface area contributed by atoms with Crippen molar-refractivity contribution in [1.29, 1.82) is 0 Å². The van der Waals surface area contributed by atoms with Crippen LogP contribution in [0.3, 0.4) is 0 Å². The number of nitrogens with one attached hydrogen (secondary N) is 1. The number of methoxy groups -OCH3 is 4. The molecular weight excluding hydrogens is 450 g/mol. The Morgan fingerprint density at radius 1 is 0.771 bits per heavy atom. The van der Waals surface area contributed by atoms with Gasteiger partial charge in [0.25, 0.3) is 0 Å². The minimum Gasteiger partial charge on any atom is -0.497 e. The largest absolute Gasteiger partial charge is 0.497 e. The van der Waals surface area contributed by atoms with Gasteiger partial charge in [-0.2, -0.15) is 0 Å². The molecule has 10 nitrogen and oxygen atoms in total. The molecule has 0 bridgehead atoms. The van der Waals surface area contributed by atoms with Crippen LogP contribution in [-0.4, -0.2) is 75.7 Å². The van der Waals surface area contributed by atoms with Crippen molar-refractivity contribution >= 4 is 17.5 Å². The first-order chi connectivity index (χ1) is 17.0. The van der Waals surface area contributed by atoms with E-state index in [-0.39, 0.29) is 6.03 Å². The number of urea groups is 1. The number of rotatable bonds is 7. The minimum atomic E-state index is -0.175. The van der Waals surface area contributed by atoms with Crippen LogP contribution >= 0.6 is 0 Å². The van der Waals surface area contributed by atoms with Gasteiger partial charge in [-0.15, -0.1) is 10.2 Å². The van der Waals surface area contributed by atoms with E-state index in [1.165, 1.54) is 0 Å². The Balaban J connectivity index is 1.38. The third kappa shape index (κ3) is 5.48. The summed E-state index contributed by atoms with van der Waals surface area (Å²) in [5.74, 6) is 3.39. The number of benzene rings is 2. The molecule has 3 aromatic rings. The topological polar surface area (TPSA) is 98.3 Å². The zero-order chi connectivity index (χ0) is 24.8. The van der Waals surface area contributed by atoms with E-state index in [1.54, 1.807) is 51.5 Å². The lowest BCUT2D eigenvalue weighted by molar-refractivity contribution is 0.208. The Labute approximate surface area is 204 Å². The maximum atomic E-state index is 12.8. The first-order valence-corrected chi connectivity index (χ1v) is 11.1. The van der Waals surface area contributed by atoms with E-state index in [9.17, 15) is 4.79 Å². The van der Waals surface area contributed by atoms with Gasteiger partial charge >= 0.3 is 6.03 Å². The van der Waals surface area contributed by atoms with Crippen molar-refractivity contribution in [2.45, 2.75) is 0 Å². The van der Waals surface area contributed by atoms with Crippen molar-refractivity contribution in [3.05, 3.63) is 48.5 Å². The van der Waals surface area contributed by atoms with Gasteiger partial charge in [0, 0.05) is 55.6 Å². The van der Waals surface area contributed by atoms with Crippen molar-refractivity contribution in [3.8, 4) is 34.3 Å². The number of carbonyl (C=O) groups excluding carboxylic acids is 1. The Morgan fingerprint density at radius 3 is 2.03 bits per heavy atom. The zero-order valence-electron chi connectivity index (χ0n) is 20.3. The molecule has 0 spiro atoms. The highest BCUT2D eigenvalue weighted by Crippen LogP contribution is 2.32. The van der Waals surface area contributed by atoms with Crippen LogP contribution in [0.2, 0.25) is 0 Å². The average molecular weight is 480 g/mol. The number of amides is 2.